The summed E-state index contributed by atoms with van der Waals surface area (Å²) in [6, 6.07) is 4.37. The van der Waals surface area contributed by atoms with Crippen molar-refractivity contribution < 1.29 is 22.5 Å². The summed E-state index contributed by atoms with van der Waals surface area (Å²) in [7, 11) is -3.70. The molecule has 1 aromatic rings. The van der Waals surface area contributed by atoms with Crippen molar-refractivity contribution >= 4 is 46.6 Å². The fourth-order valence-electron chi connectivity index (χ4n) is 1.42. The molecule has 1 rings (SSSR count). The van der Waals surface area contributed by atoms with E-state index in [0.29, 0.717) is 5.56 Å². The van der Waals surface area contributed by atoms with Gasteiger partial charge in [-0.05, 0) is 24.6 Å². The van der Waals surface area contributed by atoms with Gasteiger partial charge in [0.05, 0.1) is 11.9 Å². The predicted octanol–water partition coefficient (Wildman–Crippen LogP) is 0.795. The Morgan fingerprint density at radius 2 is 1.90 bits per heavy atom. The highest BCUT2D eigenvalue weighted by Gasteiger charge is 2.28. The molecular formula is C11H18Cl2N2O5S. The Kier molecular flexibility index (Phi) is 8.08. The molecule has 5 N–H and O–H groups in total. The van der Waals surface area contributed by atoms with Crippen LogP contribution in [0.15, 0.2) is 18.2 Å². The number of benzene rings is 1. The SMILES string of the molecule is C[C@@](N)(Cc1ccc(N)c(OS(C)(=O)=O)c1)C(=O)O.Cl.Cl. The van der Waals surface area contributed by atoms with E-state index in [4.69, 9.17) is 20.8 Å². The summed E-state index contributed by atoms with van der Waals surface area (Å²) in [6.45, 7) is 1.36. The minimum atomic E-state index is -3.70. The Labute approximate surface area is 135 Å². The van der Waals surface area contributed by atoms with E-state index in [9.17, 15) is 13.2 Å². The molecule has 0 radical (unpaired) electrons. The van der Waals surface area contributed by atoms with E-state index >= 15 is 0 Å². The molecule has 0 heterocycles. The van der Waals surface area contributed by atoms with Crippen LogP contribution in [-0.4, -0.2) is 31.3 Å². The molecule has 10 heteroatoms. The maximum atomic E-state index is 11.1. The lowest BCUT2D eigenvalue weighted by Gasteiger charge is -2.19. The van der Waals surface area contributed by atoms with Crippen LogP contribution in [0.3, 0.4) is 0 Å². The molecule has 0 fully saturated rings. The first-order valence-corrected chi connectivity index (χ1v) is 7.13. The van der Waals surface area contributed by atoms with Gasteiger partial charge in [-0.1, -0.05) is 6.07 Å². The van der Waals surface area contributed by atoms with Gasteiger partial charge in [0.1, 0.15) is 5.54 Å². The van der Waals surface area contributed by atoms with Gasteiger partial charge in [-0.2, -0.15) is 8.42 Å². The second-order valence-corrected chi connectivity index (χ2v) is 6.13. The number of hydrogen-bond donors (Lipinski definition) is 3. The predicted molar refractivity (Wildman–Crippen MR) is 84.8 cm³/mol. The second kappa shape index (κ2) is 7.69. The number of aliphatic carboxylic acids is 1. The van der Waals surface area contributed by atoms with Crippen molar-refractivity contribution in [2.75, 3.05) is 12.0 Å². The number of carbonyl (C=O) groups is 1. The molecule has 122 valence electrons. The van der Waals surface area contributed by atoms with Gasteiger partial charge in [-0.3, -0.25) is 4.79 Å². The lowest BCUT2D eigenvalue weighted by Crippen LogP contribution is -2.46. The van der Waals surface area contributed by atoms with Gasteiger partial charge >= 0.3 is 16.1 Å². The van der Waals surface area contributed by atoms with E-state index in [1.165, 1.54) is 19.1 Å². The van der Waals surface area contributed by atoms with Crippen LogP contribution in [-0.2, 0) is 21.3 Å². The van der Waals surface area contributed by atoms with Crippen LogP contribution in [0.25, 0.3) is 0 Å². The van der Waals surface area contributed by atoms with Crippen LogP contribution in [0.4, 0.5) is 5.69 Å². The number of nitrogen functional groups attached to an aromatic ring is 1. The largest absolute Gasteiger partial charge is 0.480 e. The summed E-state index contributed by atoms with van der Waals surface area (Å²) >= 11 is 0. The monoisotopic (exact) mass is 360 g/mol. The van der Waals surface area contributed by atoms with Crippen LogP contribution < -0.4 is 15.7 Å². The molecule has 0 aromatic heterocycles. The van der Waals surface area contributed by atoms with Gasteiger partial charge in [0.25, 0.3) is 0 Å². The van der Waals surface area contributed by atoms with Gasteiger partial charge in [0.15, 0.2) is 5.75 Å². The van der Waals surface area contributed by atoms with E-state index in [1.54, 1.807) is 6.07 Å². The highest BCUT2D eigenvalue weighted by molar-refractivity contribution is 7.86. The highest BCUT2D eigenvalue weighted by atomic mass is 35.5. The molecule has 0 amide bonds. The van der Waals surface area contributed by atoms with Gasteiger partial charge in [-0.15, -0.1) is 24.8 Å². The van der Waals surface area contributed by atoms with Gasteiger partial charge in [0, 0.05) is 6.42 Å². The summed E-state index contributed by atoms with van der Waals surface area (Å²) in [5.74, 6) is -1.20. The zero-order valence-electron chi connectivity index (χ0n) is 11.4. The van der Waals surface area contributed by atoms with Gasteiger partial charge in [0.2, 0.25) is 0 Å². The number of carboxylic acids is 1. The first-order chi connectivity index (χ1) is 8.51. The van der Waals surface area contributed by atoms with Crippen LogP contribution in [0.2, 0.25) is 0 Å². The van der Waals surface area contributed by atoms with Crippen molar-refractivity contribution in [1.82, 2.24) is 0 Å². The average molecular weight is 361 g/mol. The molecule has 0 saturated heterocycles. The third-order valence-electron chi connectivity index (χ3n) is 2.38. The average Bonchev–Trinajstić information content (AvgIpc) is 2.20. The van der Waals surface area contributed by atoms with Crippen LogP contribution in [0.5, 0.6) is 5.75 Å². The minimum Gasteiger partial charge on any atom is -0.480 e. The summed E-state index contributed by atoms with van der Waals surface area (Å²) in [4.78, 5) is 10.9. The Bertz CT molecular complexity index is 605. The minimum absolute atomic E-state index is 0. The molecule has 0 bridgehead atoms. The number of carboxylic acid groups (broad SMARTS) is 1. The molecule has 0 saturated carbocycles. The van der Waals surface area contributed by atoms with E-state index in [-0.39, 0.29) is 42.7 Å². The molecule has 21 heavy (non-hydrogen) atoms. The number of halogens is 2. The van der Waals surface area contributed by atoms with Crippen molar-refractivity contribution in [2.45, 2.75) is 18.9 Å². The van der Waals surface area contributed by atoms with Crippen molar-refractivity contribution in [3.05, 3.63) is 23.8 Å². The van der Waals surface area contributed by atoms with Crippen molar-refractivity contribution in [1.29, 1.82) is 0 Å². The Hall–Kier alpha value is -1.22. The summed E-state index contributed by atoms with van der Waals surface area (Å²) in [6.07, 6.45) is 0.909. The maximum Gasteiger partial charge on any atom is 0.323 e. The Morgan fingerprint density at radius 1 is 1.38 bits per heavy atom. The number of rotatable bonds is 5. The third-order valence-corrected chi connectivity index (χ3v) is 2.86. The van der Waals surface area contributed by atoms with Crippen LogP contribution >= 0.6 is 24.8 Å². The maximum absolute atomic E-state index is 11.1. The summed E-state index contributed by atoms with van der Waals surface area (Å²) in [5, 5.41) is 8.94. The van der Waals surface area contributed by atoms with E-state index in [2.05, 4.69) is 0 Å². The fraction of sp³-hybridized carbons (Fsp3) is 0.364. The molecule has 0 aliphatic rings. The quantitative estimate of drug-likeness (QED) is 0.522. The topological polar surface area (TPSA) is 133 Å². The normalized spacial score (nSPS) is 13.3. The van der Waals surface area contributed by atoms with E-state index in [1.807, 2.05) is 0 Å². The van der Waals surface area contributed by atoms with Crippen LogP contribution in [0.1, 0.15) is 12.5 Å². The van der Waals surface area contributed by atoms with Gasteiger partial charge in [-0.25, -0.2) is 0 Å². The van der Waals surface area contributed by atoms with Crippen molar-refractivity contribution in [3.8, 4) is 5.75 Å². The smallest absolute Gasteiger partial charge is 0.323 e. The zero-order valence-corrected chi connectivity index (χ0v) is 13.8. The number of anilines is 1. The summed E-state index contributed by atoms with van der Waals surface area (Å²) in [5.41, 5.74) is 10.4. The lowest BCUT2D eigenvalue weighted by molar-refractivity contribution is -0.142. The molecule has 0 aliphatic carbocycles. The first-order valence-electron chi connectivity index (χ1n) is 5.31. The molecule has 1 atom stereocenters. The standard InChI is InChI=1S/C11H16N2O5S.2ClH/c1-11(13,10(14)15)6-7-3-4-8(12)9(5-7)18-19(2,16)17;;/h3-5H,6,12-13H2,1-2H3,(H,14,15);2*1H/t11-;;/m1../s1. The van der Waals surface area contributed by atoms with E-state index in [0.717, 1.165) is 6.26 Å². The molecule has 0 spiro atoms. The van der Waals surface area contributed by atoms with Crippen LogP contribution in [0, 0.1) is 0 Å². The molecule has 1 aromatic carbocycles. The molecule has 0 aliphatic heterocycles. The fourth-order valence-corrected chi connectivity index (χ4v) is 1.89. The van der Waals surface area contributed by atoms with Gasteiger partial charge < -0.3 is 20.8 Å². The molecular weight excluding hydrogens is 343 g/mol. The van der Waals surface area contributed by atoms with E-state index < -0.39 is 21.6 Å². The Morgan fingerprint density at radius 3 is 2.33 bits per heavy atom. The Balaban J connectivity index is 0. The zero-order chi connectivity index (χ0) is 14.8. The first kappa shape index (κ1) is 22.1. The summed E-state index contributed by atoms with van der Waals surface area (Å²) < 4.78 is 26.8. The second-order valence-electron chi connectivity index (χ2n) is 4.56. The molecule has 7 nitrogen and oxygen atoms in total. The number of nitrogens with two attached hydrogens (primary N) is 2. The highest BCUT2D eigenvalue weighted by Crippen LogP contribution is 2.25. The molecule has 0 unspecified atom stereocenters. The third kappa shape index (κ3) is 6.85. The van der Waals surface area contributed by atoms with Crippen molar-refractivity contribution in [2.24, 2.45) is 5.73 Å². The van der Waals surface area contributed by atoms with Crippen molar-refractivity contribution in [3.63, 3.8) is 0 Å². The number of hydrogen-bond acceptors (Lipinski definition) is 6. The lowest BCUT2D eigenvalue weighted by atomic mass is 9.94.